The molecular weight excluding hydrogens is 228 g/mol. The molecule has 2 aromatic heterocycles. The van der Waals surface area contributed by atoms with Gasteiger partial charge in [0, 0.05) is 12.8 Å². The summed E-state index contributed by atoms with van der Waals surface area (Å²) in [7, 11) is 0. The van der Waals surface area contributed by atoms with Crippen LogP contribution >= 0.6 is 0 Å². The van der Waals surface area contributed by atoms with Crippen LogP contribution < -0.4 is 0 Å². The lowest BCUT2D eigenvalue weighted by Gasteiger charge is -1.90. The van der Waals surface area contributed by atoms with Crippen LogP contribution in [-0.4, -0.2) is 31.5 Å². The predicted octanol–water partition coefficient (Wildman–Crippen LogP) is 0.835. The first-order valence-corrected chi connectivity index (χ1v) is 5.00. The Bertz CT molecular complexity index is 519. The quantitative estimate of drug-likeness (QED) is 0.814. The van der Waals surface area contributed by atoms with Gasteiger partial charge in [0.15, 0.2) is 5.69 Å². The van der Waals surface area contributed by atoms with Crippen molar-refractivity contribution in [2.75, 3.05) is 0 Å². The molecule has 0 amide bonds. The molecule has 0 unspecified atom stereocenters. The van der Waals surface area contributed by atoms with E-state index in [0.29, 0.717) is 35.9 Å². The van der Waals surface area contributed by atoms with Gasteiger partial charge >= 0.3 is 5.97 Å². The van der Waals surface area contributed by atoms with Crippen LogP contribution in [0.4, 0.5) is 0 Å². The number of carboxylic acids is 1. The number of carboxylic acid groups (broad SMARTS) is 1. The summed E-state index contributed by atoms with van der Waals surface area (Å²) in [6.45, 7) is 1.71. The van der Waals surface area contributed by atoms with Crippen molar-refractivity contribution in [3.63, 3.8) is 0 Å². The Hall–Kier alpha value is -2.25. The molecule has 8 heteroatoms. The maximum Gasteiger partial charge on any atom is 0.303 e. The molecule has 2 heterocycles. The van der Waals surface area contributed by atoms with Gasteiger partial charge in [-0.05, 0) is 18.5 Å². The average molecular weight is 238 g/mol. The van der Waals surface area contributed by atoms with Gasteiger partial charge in [-0.3, -0.25) is 4.79 Å². The van der Waals surface area contributed by atoms with Crippen LogP contribution in [0.5, 0.6) is 0 Å². The highest BCUT2D eigenvalue weighted by Crippen LogP contribution is 2.16. The highest BCUT2D eigenvalue weighted by Gasteiger charge is 2.15. The van der Waals surface area contributed by atoms with Crippen molar-refractivity contribution in [2.24, 2.45) is 0 Å². The van der Waals surface area contributed by atoms with Crippen LogP contribution in [0.2, 0.25) is 0 Å². The van der Waals surface area contributed by atoms with Crippen molar-refractivity contribution in [1.82, 2.24) is 20.5 Å². The fourth-order valence-electron chi connectivity index (χ4n) is 1.28. The summed E-state index contributed by atoms with van der Waals surface area (Å²) < 4.78 is 9.48. The molecule has 0 saturated heterocycles. The Balaban J connectivity index is 2.01. The molecule has 0 fully saturated rings. The van der Waals surface area contributed by atoms with Crippen molar-refractivity contribution in [2.45, 2.75) is 26.2 Å². The minimum Gasteiger partial charge on any atom is -0.481 e. The molecule has 8 nitrogen and oxygen atoms in total. The van der Waals surface area contributed by atoms with E-state index in [0.717, 1.165) is 0 Å². The highest BCUT2D eigenvalue weighted by molar-refractivity contribution is 5.66. The zero-order valence-corrected chi connectivity index (χ0v) is 9.08. The largest absolute Gasteiger partial charge is 0.481 e. The molecular formula is C9H10N4O4. The van der Waals surface area contributed by atoms with Crippen molar-refractivity contribution < 1.29 is 19.1 Å². The second-order valence-corrected chi connectivity index (χ2v) is 3.46. The van der Waals surface area contributed by atoms with E-state index in [1.807, 2.05) is 0 Å². The van der Waals surface area contributed by atoms with Crippen LogP contribution in [0.3, 0.4) is 0 Å². The Labute approximate surface area is 95.6 Å². The van der Waals surface area contributed by atoms with Gasteiger partial charge in [0.2, 0.25) is 11.7 Å². The third kappa shape index (κ3) is 2.65. The van der Waals surface area contributed by atoms with Crippen LogP contribution in [0.1, 0.15) is 24.4 Å². The molecule has 0 atom stereocenters. The third-order valence-electron chi connectivity index (χ3n) is 2.11. The zero-order chi connectivity index (χ0) is 12.3. The molecule has 17 heavy (non-hydrogen) atoms. The molecule has 0 aliphatic rings. The van der Waals surface area contributed by atoms with E-state index in [9.17, 15) is 4.79 Å². The summed E-state index contributed by atoms with van der Waals surface area (Å²) in [4.78, 5) is 14.4. The zero-order valence-electron chi connectivity index (χ0n) is 9.08. The number of aromatic nitrogens is 4. The first-order chi connectivity index (χ1) is 8.16. The predicted molar refractivity (Wildman–Crippen MR) is 52.9 cm³/mol. The summed E-state index contributed by atoms with van der Waals surface area (Å²) in [5.74, 6) is -0.168. The summed E-state index contributed by atoms with van der Waals surface area (Å²) >= 11 is 0. The smallest absolute Gasteiger partial charge is 0.303 e. The van der Waals surface area contributed by atoms with E-state index in [4.69, 9.17) is 9.63 Å². The lowest BCUT2D eigenvalue weighted by molar-refractivity contribution is -0.137. The van der Waals surface area contributed by atoms with E-state index in [2.05, 4.69) is 25.1 Å². The fraction of sp³-hybridized carbons (Fsp3) is 0.444. The topological polar surface area (TPSA) is 115 Å². The molecule has 0 radical (unpaired) electrons. The number of rotatable bonds is 5. The molecule has 0 aromatic carbocycles. The van der Waals surface area contributed by atoms with Gasteiger partial charge in [-0.25, -0.2) is 4.63 Å². The minimum absolute atomic E-state index is 0.0717. The Morgan fingerprint density at radius 1 is 1.35 bits per heavy atom. The fourth-order valence-corrected chi connectivity index (χ4v) is 1.28. The third-order valence-corrected chi connectivity index (χ3v) is 2.11. The molecule has 1 N–H and O–H groups in total. The second-order valence-electron chi connectivity index (χ2n) is 3.46. The molecule has 2 aromatic rings. The van der Waals surface area contributed by atoms with Gasteiger partial charge in [0.25, 0.3) is 0 Å². The number of nitrogens with zero attached hydrogens (tertiary/aromatic N) is 4. The molecule has 0 spiro atoms. The summed E-state index contributed by atoms with van der Waals surface area (Å²) in [5.41, 5.74) is 1.00. The SMILES string of the molecule is Cc1nonc1-c1noc(CCCC(=O)O)n1. The van der Waals surface area contributed by atoms with E-state index >= 15 is 0 Å². The second kappa shape index (κ2) is 4.73. The van der Waals surface area contributed by atoms with Crippen molar-refractivity contribution in [1.29, 1.82) is 0 Å². The average Bonchev–Trinajstić information content (AvgIpc) is 2.86. The van der Waals surface area contributed by atoms with Gasteiger partial charge in [-0.2, -0.15) is 4.98 Å². The van der Waals surface area contributed by atoms with Crippen LogP contribution in [-0.2, 0) is 11.2 Å². The van der Waals surface area contributed by atoms with Crippen LogP contribution in [0, 0.1) is 6.92 Å². The maximum atomic E-state index is 10.3. The van der Waals surface area contributed by atoms with Gasteiger partial charge < -0.3 is 9.63 Å². The Kier molecular flexibility index (Phi) is 3.12. The molecule has 0 aliphatic carbocycles. The van der Waals surface area contributed by atoms with Crippen molar-refractivity contribution in [3.8, 4) is 11.5 Å². The monoisotopic (exact) mass is 238 g/mol. The molecule has 0 bridgehead atoms. The van der Waals surface area contributed by atoms with Crippen LogP contribution in [0.15, 0.2) is 9.15 Å². The summed E-state index contributed by atoms with van der Waals surface area (Å²) in [5, 5.41) is 19.5. The van der Waals surface area contributed by atoms with E-state index in [1.54, 1.807) is 6.92 Å². The summed E-state index contributed by atoms with van der Waals surface area (Å²) in [6, 6.07) is 0. The molecule has 2 rings (SSSR count). The number of carbonyl (C=O) groups is 1. The van der Waals surface area contributed by atoms with Gasteiger partial charge in [0.05, 0.1) is 0 Å². The first kappa shape index (κ1) is 11.2. The summed E-state index contributed by atoms with van der Waals surface area (Å²) in [6.07, 6.45) is 0.943. The van der Waals surface area contributed by atoms with Crippen LogP contribution in [0.25, 0.3) is 11.5 Å². The maximum absolute atomic E-state index is 10.3. The van der Waals surface area contributed by atoms with Gasteiger partial charge in [0.1, 0.15) is 5.69 Å². The molecule has 0 aliphatic heterocycles. The lowest BCUT2D eigenvalue weighted by Crippen LogP contribution is -1.96. The normalized spacial score (nSPS) is 10.6. The van der Waals surface area contributed by atoms with E-state index in [-0.39, 0.29) is 6.42 Å². The number of aryl methyl sites for hydroxylation is 2. The lowest BCUT2D eigenvalue weighted by atomic mass is 10.2. The minimum atomic E-state index is -0.846. The number of hydrogen-bond donors (Lipinski definition) is 1. The molecule has 90 valence electrons. The van der Waals surface area contributed by atoms with Gasteiger partial charge in [-0.1, -0.05) is 10.3 Å². The van der Waals surface area contributed by atoms with Crippen molar-refractivity contribution in [3.05, 3.63) is 11.6 Å². The first-order valence-electron chi connectivity index (χ1n) is 5.00. The number of hydrogen-bond acceptors (Lipinski definition) is 7. The molecule has 0 saturated carbocycles. The van der Waals surface area contributed by atoms with Gasteiger partial charge in [-0.15, -0.1) is 0 Å². The van der Waals surface area contributed by atoms with E-state index in [1.165, 1.54) is 0 Å². The number of aliphatic carboxylic acids is 1. The highest BCUT2D eigenvalue weighted by atomic mass is 16.6. The van der Waals surface area contributed by atoms with Crippen molar-refractivity contribution >= 4 is 5.97 Å². The standard InChI is InChI=1S/C9H10N4O4/c1-5-8(12-17-11-5)9-10-6(16-13-9)3-2-4-7(14)15/h2-4H2,1H3,(H,14,15). The Morgan fingerprint density at radius 2 is 2.18 bits per heavy atom. The Morgan fingerprint density at radius 3 is 2.82 bits per heavy atom. The van der Waals surface area contributed by atoms with E-state index < -0.39 is 5.97 Å².